The fraction of sp³-hybridized carbons (Fsp3) is 0.500. The van der Waals surface area contributed by atoms with Crippen molar-refractivity contribution in [2.24, 2.45) is 0 Å². The number of rotatable bonds is 10. The molecule has 3 aromatic rings. The van der Waals surface area contributed by atoms with E-state index < -0.39 is 5.60 Å². The molecule has 0 aliphatic rings. The number of carbonyl (C=O) groups is 1. The maximum atomic E-state index is 11.6. The predicted octanol–water partition coefficient (Wildman–Crippen LogP) is 4.53. The number of aryl methyl sites for hydroxylation is 2. The van der Waals surface area contributed by atoms with Gasteiger partial charge in [0, 0.05) is 24.8 Å². The highest BCUT2D eigenvalue weighted by molar-refractivity contribution is 5.67. The zero-order valence-electron chi connectivity index (χ0n) is 20.2. The number of imidazole rings is 1. The molecule has 1 aromatic carbocycles. The maximum absolute atomic E-state index is 11.6. The van der Waals surface area contributed by atoms with E-state index in [1.807, 2.05) is 67.5 Å². The molecule has 0 unspecified atom stereocenters. The van der Waals surface area contributed by atoms with E-state index in [2.05, 4.69) is 20.6 Å². The van der Waals surface area contributed by atoms with Crippen LogP contribution < -0.4 is 10.1 Å². The van der Waals surface area contributed by atoms with E-state index in [1.54, 1.807) is 13.4 Å². The molecule has 2 heterocycles. The molecule has 0 bridgehead atoms. The number of amides is 1. The summed E-state index contributed by atoms with van der Waals surface area (Å²) >= 11 is 0. The van der Waals surface area contributed by atoms with Crippen LogP contribution in [0.25, 0.3) is 16.9 Å². The van der Waals surface area contributed by atoms with E-state index in [-0.39, 0.29) is 6.09 Å². The molecule has 1 amide bonds. The number of unbranched alkanes of at least 4 members (excludes halogenated alkanes) is 3. The average molecular weight is 455 g/mol. The molecule has 1 N–H and O–H groups in total. The average Bonchev–Trinajstić information content (AvgIpc) is 3.40. The summed E-state index contributed by atoms with van der Waals surface area (Å²) in [6.07, 6.45) is 9.34. The summed E-state index contributed by atoms with van der Waals surface area (Å²) in [5.74, 6) is 0.749. The van der Waals surface area contributed by atoms with Crippen LogP contribution in [0.3, 0.4) is 0 Å². The normalized spacial score (nSPS) is 11.4. The van der Waals surface area contributed by atoms with Gasteiger partial charge in [-0.15, -0.1) is 5.10 Å². The van der Waals surface area contributed by atoms with Crippen LogP contribution in [0, 0.1) is 6.92 Å². The van der Waals surface area contributed by atoms with Crippen molar-refractivity contribution in [3.05, 3.63) is 42.6 Å². The zero-order chi connectivity index (χ0) is 23.8. The fourth-order valence-corrected chi connectivity index (χ4v) is 3.40. The van der Waals surface area contributed by atoms with Crippen LogP contribution in [0.15, 0.2) is 36.9 Å². The van der Waals surface area contributed by atoms with Gasteiger partial charge < -0.3 is 19.4 Å². The molecule has 0 aliphatic carbocycles. The molecule has 9 heteroatoms. The smallest absolute Gasteiger partial charge is 0.407 e. The van der Waals surface area contributed by atoms with Crippen LogP contribution in [-0.4, -0.2) is 49.9 Å². The van der Waals surface area contributed by atoms with Gasteiger partial charge in [-0.2, -0.15) is 0 Å². The first kappa shape index (κ1) is 24.3. The van der Waals surface area contributed by atoms with E-state index in [4.69, 9.17) is 9.47 Å². The van der Waals surface area contributed by atoms with Gasteiger partial charge in [-0.05, 0) is 52.7 Å². The van der Waals surface area contributed by atoms with Gasteiger partial charge in [0.05, 0.1) is 31.0 Å². The number of nitrogens with one attached hydrogen (secondary N) is 1. The van der Waals surface area contributed by atoms with E-state index in [9.17, 15) is 4.79 Å². The molecular formula is C24H34N6O3. The Morgan fingerprint density at radius 1 is 1.12 bits per heavy atom. The minimum absolute atomic E-state index is 0.359. The highest BCUT2D eigenvalue weighted by atomic mass is 16.6. The van der Waals surface area contributed by atoms with Crippen LogP contribution in [0.1, 0.15) is 52.1 Å². The number of methoxy groups -OCH3 is 1. The van der Waals surface area contributed by atoms with Crippen molar-refractivity contribution in [1.29, 1.82) is 0 Å². The molecule has 0 spiro atoms. The van der Waals surface area contributed by atoms with Crippen molar-refractivity contribution in [2.45, 2.75) is 65.5 Å². The second-order valence-electron chi connectivity index (χ2n) is 9.02. The van der Waals surface area contributed by atoms with Crippen LogP contribution in [0.2, 0.25) is 0 Å². The van der Waals surface area contributed by atoms with Gasteiger partial charge in [0.1, 0.15) is 17.0 Å². The molecule has 2 aromatic heterocycles. The summed E-state index contributed by atoms with van der Waals surface area (Å²) in [5.41, 5.74) is 3.17. The van der Waals surface area contributed by atoms with E-state index >= 15 is 0 Å². The van der Waals surface area contributed by atoms with Gasteiger partial charge in [-0.3, -0.25) is 4.68 Å². The third-order valence-corrected chi connectivity index (χ3v) is 4.99. The lowest BCUT2D eigenvalue weighted by atomic mass is 10.1. The minimum Gasteiger partial charge on any atom is -0.495 e. The first-order valence-electron chi connectivity index (χ1n) is 11.3. The molecule has 0 radical (unpaired) electrons. The first-order chi connectivity index (χ1) is 15.7. The number of ether oxygens (including phenoxy) is 2. The fourth-order valence-electron chi connectivity index (χ4n) is 3.40. The molecule has 9 nitrogen and oxygen atoms in total. The van der Waals surface area contributed by atoms with Crippen LogP contribution in [-0.2, 0) is 11.3 Å². The lowest BCUT2D eigenvalue weighted by molar-refractivity contribution is 0.0527. The highest BCUT2D eigenvalue weighted by Gasteiger charge is 2.15. The zero-order valence-corrected chi connectivity index (χ0v) is 20.2. The number of nitrogens with zero attached hydrogens (tertiary/aromatic N) is 5. The highest BCUT2D eigenvalue weighted by Crippen LogP contribution is 2.29. The Labute approximate surface area is 195 Å². The molecule has 0 atom stereocenters. The molecule has 0 saturated heterocycles. The second kappa shape index (κ2) is 11.0. The van der Waals surface area contributed by atoms with Gasteiger partial charge in [-0.1, -0.05) is 24.1 Å². The minimum atomic E-state index is -0.465. The third kappa shape index (κ3) is 7.34. The van der Waals surface area contributed by atoms with Gasteiger partial charge >= 0.3 is 6.09 Å². The van der Waals surface area contributed by atoms with E-state index in [0.29, 0.717) is 6.54 Å². The summed E-state index contributed by atoms with van der Waals surface area (Å²) in [6, 6.07) is 5.98. The summed E-state index contributed by atoms with van der Waals surface area (Å²) in [6.45, 7) is 8.95. The van der Waals surface area contributed by atoms with Crippen LogP contribution in [0.5, 0.6) is 5.75 Å². The number of alkyl carbamates (subject to hydrolysis) is 1. The lowest BCUT2D eigenvalue weighted by Gasteiger charge is -2.19. The van der Waals surface area contributed by atoms with Gasteiger partial charge in [0.2, 0.25) is 0 Å². The van der Waals surface area contributed by atoms with Gasteiger partial charge in [0.15, 0.2) is 0 Å². The largest absolute Gasteiger partial charge is 0.495 e. The standard InChI is InChI=1S/C24H34N6O3/c1-18-15-29(17-26-18)21-11-10-19(14-22(21)32-5)20-16-30(28-27-20)13-9-7-6-8-12-25-23(31)33-24(2,3)4/h10-11,14-17H,6-9,12-13H2,1-5H3,(H,25,31). The second-order valence-corrected chi connectivity index (χ2v) is 9.02. The number of aromatic nitrogens is 5. The Bertz CT molecular complexity index is 1050. The SMILES string of the molecule is COc1cc(-c2cn(CCCCCCNC(=O)OC(C)(C)C)nn2)ccc1-n1cnc(C)c1. The van der Waals surface area contributed by atoms with Crippen molar-refractivity contribution < 1.29 is 14.3 Å². The number of hydrogen-bond donors (Lipinski definition) is 1. The first-order valence-corrected chi connectivity index (χ1v) is 11.3. The quantitative estimate of drug-likeness (QED) is 0.452. The Morgan fingerprint density at radius 3 is 2.61 bits per heavy atom. The molecule has 178 valence electrons. The van der Waals surface area contributed by atoms with E-state index in [1.165, 1.54) is 0 Å². The van der Waals surface area contributed by atoms with Crippen molar-refractivity contribution in [3.8, 4) is 22.7 Å². The topological polar surface area (TPSA) is 96.1 Å². The van der Waals surface area contributed by atoms with Crippen molar-refractivity contribution in [2.75, 3.05) is 13.7 Å². The van der Waals surface area contributed by atoms with Gasteiger partial charge in [-0.25, -0.2) is 9.78 Å². The van der Waals surface area contributed by atoms with Crippen LogP contribution in [0.4, 0.5) is 4.79 Å². The molecule has 0 fully saturated rings. The van der Waals surface area contributed by atoms with E-state index in [0.717, 1.165) is 60.6 Å². The predicted molar refractivity (Wildman–Crippen MR) is 127 cm³/mol. The Hall–Kier alpha value is -3.36. The Balaban J connectivity index is 1.44. The van der Waals surface area contributed by atoms with Crippen molar-refractivity contribution in [1.82, 2.24) is 29.9 Å². The van der Waals surface area contributed by atoms with Gasteiger partial charge in [0.25, 0.3) is 0 Å². The number of hydrogen-bond acceptors (Lipinski definition) is 6. The van der Waals surface area contributed by atoms with Crippen molar-refractivity contribution in [3.63, 3.8) is 0 Å². The summed E-state index contributed by atoms with van der Waals surface area (Å²) < 4.78 is 14.6. The lowest BCUT2D eigenvalue weighted by Crippen LogP contribution is -2.32. The molecule has 33 heavy (non-hydrogen) atoms. The Morgan fingerprint density at radius 2 is 1.91 bits per heavy atom. The maximum Gasteiger partial charge on any atom is 0.407 e. The third-order valence-electron chi connectivity index (χ3n) is 4.99. The summed E-state index contributed by atoms with van der Waals surface area (Å²) in [4.78, 5) is 15.9. The summed E-state index contributed by atoms with van der Waals surface area (Å²) in [7, 11) is 1.66. The molecule has 0 aliphatic heterocycles. The number of benzene rings is 1. The monoisotopic (exact) mass is 454 g/mol. The molecule has 0 saturated carbocycles. The Kier molecular flexibility index (Phi) is 8.08. The summed E-state index contributed by atoms with van der Waals surface area (Å²) in [5, 5.41) is 11.4. The van der Waals surface area contributed by atoms with Crippen molar-refractivity contribution >= 4 is 6.09 Å². The number of carbonyl (C=O) groups excluding carboxylic acids is 1. The van der Waals surface area contributed by atoms with Crippen LogP contribution >= 0.6 is 0 Å². The molecule has 3 rings (SSSR count). The molecular weight excluding hydrogens is 420 g/mol.